The number of carbonyl (C=O) groups excluding carboxylic acids is 2. The van der Waals surface area contributed by atoms with E-state index in [4.69, 9.17) is 9.47 Å². The van der Waals surface area contributed by atoms with Gasteiger partial charge in [0.05, 0.1) is 23.6 Å². The smallest absolute Gasteiger partial charge is 0.355 e. The zero-order valence-electron chi connectivity index (χ0n) is 15.7. The molecule has 1 fully saturated rings. The van der Waals surface area contributed by atoms with Crippen LogP contribution in [-0.2, 0) is 20.9 Å². The molecule has 148 valence electrons. The molecular formula is C21H18N2O6. The second-order valence-electron chi connectivity index (χ2n) is 6.84. The van der Waals surface area contributed by atoms with Crippen LogP contribution < -0.4 is 4.74 Å². The molecule has 0 saturated carbocycles. The zero-order chi connectivity index (χ0) is 20.5. The van der Waals surface area contributed by atoms with E-state index in [1.807, 2.05) is 12.1 Å². The van der Waals surface area contributed by atoms with Crippen LogP contribution in [0.3, 0.4) is 0 Å². The lowest BCUT2D eigenvalue weighted by atomic mass is 9.97. The Morgan fingerprint density at radius 1 is 1.17 bits per heavy atom. The van der Waals surface area contributed by atoms with Gasteiger partial charge in [0.1, 0.15) is 18.1 Å². The number of nitrogens with zero attached hydrogens (tertiary/aromatic N) is 2. The maximum atomic E-state index is 12.9. The summed E-state index contributed by atoms with van der Waals surface area (Å²) in [4.78, 5) is 37.1. The van der Waals surface area contributed by atoms with E-state index in [9.17, 15) is 19.7 Å². The Bertz CT molecular complexity index is 1030. The molecule has 29 heavy (non-hydrogen) atoms. The van der Waals surface area contributed by atoms with E-state index in [0.717, 1.165) is 11.1 Å². The molecule has 0 aromatic heterocycles. The van der Waals surface area contributed by atoms with Crippen molar-refractivity contribution in [3.63, 3.8) is 0 Å². The van der Waals surface area contributed by atoms with Gasteiger partial charge in [0.2, 0.25) is 5.91 Å². The number of benzene rings is 2. The Morgan fingerprint density at radius 2 is 1.90 bits per heavy atom. The fourth-order valence-corrected chi connectivity index (χ4v) is 3.72. The lowest BCUT2D eigenvalue weighted by Crippen LogP contribution is -2.49. The van der Waals surface area contributed by atoms with Crippen LogP contribution in [0.2, 0.25) is 0 Å². The van der Waals surface area contributed by atoms with Crippen molar-refractivity contribution in [2.24, 2.45) is 0 Å². The average molecular weight is 394 g/mol. The van der Waals surface area contributed by atoms with Gasteiger partial charge in [-0.3, -0.25) is 14.9 Å². The molecule has 1 amide bonds. The predicted molar refractivity (Wildman–Crippen MR) is 103 cm³/mol. The molecule has 4 rings (SSSR count). The van der Waals surface area contributed by atoms with Gasteiger partial charge in [-0.25, -0.2) is 4.79 Å². The van der Waals surface area contributed by atoms with E-state index in [0.29, 0.717) is 24.2 Å². The van der Waals surface area contributed by atoms with E-state index in [2.05, 4.69) is 0 Å². The van der Waals surface area contributed by atoms with Crippen LogP contribution in [-0.4, -0.2) is 34.9 Å². The number of esters is 1. The largest absolute Gasteiger partial charge is 0.497 e. The second-order valence-corrected chi connectivity index (χ2v) is 6.84. The minimum absolute atomic E-state index is 0.0480. The monoisotopic (exact) mass is 394 g/mol. The van der Waals surface area contributed by atoms with Crippen LogP contribution in [0.1, 0.15) is 24.0 Å². The second kappa shape index (κ2) is 7.38. The molecule has 2 aliphatic rings. The van der Waals surface area contributed by atoms with Gasteiger partial charge >= 0.3 is 5.97 Å². The third kappa shape index (κ3) is 3.33. The Labute approximate surface area is 166 Å². The molecule has 8 nitrogen and oxygen atoms in total. The average Bonchev–Trinajstić information content (AvgIpc) is 3.05. The lowest BCUT2D eigenvalue weighted by molar-refractivity contribution is -0.385. The Hall–Kier alpha value is -3.68. The minimum Gasteiger partial charge on any atom is -0.497 e. The molecule has 1 saturated heterocycles. The van der Waals surface area contributed by atoms with Crippen LogP contribution in [0.15, 0.2) is 54.2 Å². The number of β-lactam (4-membered cyclic amide) rings is 1. The molecule has 0 spiro atoms. The number of para-hydroxylation sites is 1. The first-order valence-corrected chi connectivity index (χ1v) is 9.08. The molecule has 1 atom stereocenters. The first-order valence-electron chi connectivity index (χ1n) is 9.08. The molecule has 2 aromatic rings. The van der Waals surface area contributed by atoms with Gasteiger partial charge in [0.25, 0.3) is 5.69 Å². The van der Waals surface area contributed by atoms with Crippen LogP contribution in [0.4, 0.5) is 5.69 Å². The summed E-state index contributed by atoms with van der Waals surface area (Å²) in [6.45, 7) is -0.248. The number of carbonyl (C=O) groups is 2. The van der Waals surface area contributed by atoms with Gasteiger partial charge in [-0.1, -0.05) is 24.3 Å². The molecule has 0 N–H and O–H groups in total. The number of nitro benzene ring substituents is 1. The number of fused-ring (bicyclic) bond motifs is 1. The number of methoxy groups -OCH3 is 1. The molecule has 0 unspecified atom stereocenters. The Balaban J connectivity index is 1.61. The van der Waals surface area contributed by atoms with Crippen LogP contribution >= 0.6 is 0 Å². The summed E-state index contributed by atoms with van der Waals surface area (Å²) >= 11 is 0. The topological polar surface area (TPSA) is 99.0 Å². The number of hydrogen-bond donors (Lipinski definition) is 0. The van der Waals surface area contributed by atoms with Gasteiger partial charge in [-0.05, 0) is 35.8 Å². The van der Waals surface area contributed by atoms with E-state index >= 15 is 0 Å². The molecule has 8 heteroatoms. The number of hydrogen-bond acceptors (Lipinski definition) is 6. The summed E-state index contributed by atoms with van der Waals surface area (Å²) in [6.07, 6.45) is 0.953. The highest BCUT2D eigenvalue weighted by molar-refractivity contribution is 6.05. The van der Waals surface area contributed by atoms with E-state index < -0.39 is 10.9 Å². The molecule has 2 aliphatic heterocycles. The fourth-order valence-electron chi connectivity index (χ4n) is 3.72. The van der Waals surface area contributed by atoms with Crippen LogP contribution in [0, 0.1) is 10.1 Å². The first kappa shape index (κ1) is 18.7. The maximum absolute atomic E-state index is 12.9. The Kier molecular flexibility index (Phi) is 4.75. The normalized spacial score (nSPS) is 17.6. The van der Waals surface area contributed by atoms with Gasteiger partial charge in [0, 0.05) is 12.5 Å². The highest BCUT2D eigenvalue weighted by Gasteiger charge is 2.48. The van der Waals surface area contributed by atoms with Crippen LogP contribution in [0.25, 0.3) is 5.57 Å². The zero-order valence-corrected chi connectivity index (χ0v) is 15.7. The van der Waals surface area contributed by atoms with Crippen molar-refractivity contribution in [3.8, 4) is 5.75 Å². The molecule has 2 heterocycles. The molecule has 2 aromatic carbocycles. The van der Waals surface area contributed by atoms with Gasteiger partial charge in [-0.15, -0.1) is 0 Å². The number of amides is 1. The van der Waals surface area contributed by atoms with Gasteiger partial charge < -0.3 is 14.4 Å². The third-order valence-electron chi connectivity index (χ3n) is 5.19. The van der Waals surface area contributed by atoms with Crippen molar-refractivity contribution in [2.75, 3.05) is 7.11 Å². The van der Waals surface area contributed by atoms with Gasteiger partial charge in [-0.2, -0.15) is 0 Å². The highest BCUT2D eigenvalue weighted by atomic mass is 16.6. The van der Waals surface area contributed by atoms with Crippen molar-refractivity contribution in [3.05, 3.63) is 75.5 Å². The van der Waals surface area contributed by atoms with Crippen molar-refractivity contribution in [2.45, 2.75) is 25.5 Å². The number of rotatable bonds is 6. The molecule has 0 bridgehead atoms. The number of ether oxygens (including phenoxy) is 2. The van der Waals surface area contributed by atoms with E-state index in [1.54, 1.807) is 31.4 Å². The van der Waals surface area contributed by atoms with Crippen molar-refractivity contribution in [1.82, 2.24) is 4.90 Å². The fraction of sp³-hybridized carbons (Fsp3) is 0.238. The minimum atomic E-state index is -0.662. The third-order valence-corrected chi connectivity index (χ3v) is 5.19. The maximum Gasteiger partial charge on any atom is 0.355 e. The first-order chi connectivity index (χ1) is 14.0. The summed E-state index contributed by atoms with van der Waals surface area (Å²) in [5, 5.41) is 11.2. The van der Waals surface area contributed by atoms with Crippen molar-refractivity contribution in [1.29, 1.82) is 0 Å². The standard InChI is InChI=1S/C21H18N2O6/c1-28-16-8-6-13(7-9-16)17-10-15-11-19(24)22(15)20(17)21(25)29-12-14-4-2-3-5-18(14)23(26)27/h2-9,15H,10-12H2,1H3/t15-/m1/s1. The Morgan fingerprint density at radius 3 is 2.55 bits per heavy atom. The summed E-state index contributed by atoms with van der Waals surface area (Å²) in [7, 11) is 1.57. The highest BCUT2D eigenvalue weighted by Crippen LogP contribution is 2.43. The SMILES string of the molecule is COc1ccc(C2=C(C(=O)OCc3ccccc3[N+](=O)[O-])N3C(=O)C[C@H]3C2)cc1. The molecule has 0 radical (unpaired) electrons. The lowest BCUT2D eigenvalue weighted by Gasteiger charge is -2.35. The number of nitro groups is 1. The van der Waals surface area contributed by atoms with Crippen LogP contribution in [0.5, 0.6) is 5.75 Å². The molecular weight excluding hydrogens is 376 g/mol. The van der Waals surface area contributed by atoms with Gasteiger partial charge in [0.15, 0.2) is 0 Å². The summed E-state index contributed by atoms with van der Waals surface area (Å²) in [6, 6.07) is 13.3. The quantitative estimate of drug-likeness (QED) is 0.323. The summed E-state index contributed by atoms with van der Waals surface area (Å²) in [5.74, 6) is -0.104. The van der Waals surface area contributed by atoms with Crippen molar-refractivity contribution < 1.29 is 24.0 Å². The summed E-state index contributed by atoms with van der Waals surface area (Å²) < 4.78 is 10.5. The molecule has 0 aliphatic carbocycles. The van der Waals surface area contributed by atoms with E-state index in [1.165, 1.54) is 17.0 Å². The summed E-state index contributed by atoms with van der Waals surface area (Å²) in [5.41, 5.74) is 1.94. The predicted octanol–water partition coefficient (Wildman–Crippen LogP) is 3.06. The van der Waals surface area contributed by atoms with E-state index in [-0.39, 0.29) is 29.9 Å². The van der Waals surface area contributed by atoms with Crippen molar-refractivity contribution >= 4 is 23.1 Å².